The van der Waals surface area contributed by atoms with Crippen molar-refractivity contribution in [2.75, 3.05) is 0 Å². The molecule has 4 heteroatoms. The summed E-state index contributed by atoms with van der Waals surface area (Å²) in [7, 11) is 0. The summed E-state index contributed by atoms with van der Waals surface area (Å²) in [6, 6.07) is 0. The van der Waals surface area contributed by atoms with Crippen LogP contribution in [0.15, 0.2) is 0 Å². The first-order valence-corrected chi connectivity index (χ1v) is 16.3. The molecule has 0 saturated heterocycles. The average Bonchev–Trinajstić information content (AvgIpc) is 1.37. The number of hydrogen-bond donors (Lipinski definition) is 0. The van der Waals surface area contributed by atoms with Gasteiger partial charge < -0.3 is 0 Å². The monoisotopic (exact) mass is 190 g/mol. The second-order valence-corrected chi connectivity index (χ2v) is 10.2. The maximum atomic E-state index is 10.6. The SMILES string of the molecule is [F][GeH2][GeH2][F]. The number of rotatable bonds is 1. The van der Waals surface area contributed by atoms with E-state index >= 15 is 0 Å². The molecule has 0 rings (SSSR count). The van der Waals surface area contributed by atoms with Crippen LogP contribution < -0.4 is 0 Å². The van der Waals surface area contributed by atoms with Gasteiger partial charge in [-0.15, -0.1) is 0 Å². The molecule has 0 aromatic carbocycles. The fourth-order valence-corrected chi connectivity index (χ4v) is 0. The van der Waals surface area contributed by atoms with Crippen LogP contribution in [0.2, 0.25) is 0 Å². The van der Waals surface area contributed by atoms with E-state index in [1.807, 2.05) is 0 Å². The molecule has 0 aromatic rings. The van der Waals surface area contributed by atoms with E-state index in [1.165, 1.54) is 0 Å². The van der Waals surface area contributed by atoms with Crippen molar-refractivity contribution in [3.8, 4) is 0 Å². The minimum atomic E-state index is -1.87. The van der Waals surface area contributed by atoms with Gasteiger partial charge >= 0.3 is 34.9 Å². The Labute approximate surface area is 35.3 Å². The Kier molecular flexibility index (Phi) is 4.88. The van der Waals surface area contributed by atoms with E-state index in [1.54, 1.807) is 0 Å². The average molecular weight is 187 g/mol. The van der Waals surface area contributed by atoms with Gasteiger partial charge in [-0.3, -0.25) is 0 Å². The summed E-state index contributed by atoms with van der Waals surface area (Å²) in [6.45, 7) is 0. The van der Waals surface area contributed by atoms with E-state index in [2.05, 4.69) is 0 Å². The molecular formula is H4F2Ge2. The molecule has 0 unspecified atom stereocenters. The van der Waals surface area contributed by atoms with Gasteiger partial charge in [-0.2, -0.15) is 0 Å². The number of halogens is 2. The molecule has 0 radical (unpaired) electrons. The summed E-state index contributed by atoms with van der Waals surface area (Å²) < 4.78 is 21.2. The second kappa shape index (κ2) is 3.95. The topological polar surface area (TPSA) is 0 Å². The van der Waals surface area contributed by atoms with Crippen LogP contribution in [0.25, 0.3) is 0 Å². The Morgan fingerprint density at radius 3 is 1.25 bits per heavy atom. The summed E-state index contributed by atoms with van der Waals surface area (Å²) in [4.78, 5) is 0. The van der Waals surface area contributed by atoms with Crippen LogP contribution in [0.3, 0.4) is 0 Å². The summed E-state index contributed by atoms with van der Waals surface area (Å²) in [5, 5.41) is 0. The zero-order valence-corrected chi connectivity index (χ0v) is 8.10. The molecule has 0 spiro atoms. The summed E-state index contributed by atoms with van der Waals surface area (Å²) >= 11 is -3.74. The van der Waals surface area contributed by atoms with E-state index in [-0.39, 0.29) is 0 Å². The third-order valence-electron chi connectivity index (χ3n) is 0.0714. The first-order valence-electron chi connectivity index (χ1n) is 1.03. The van der Waals surface area contributed by atoms with Crippen LogP contribution in [0.5, 0.6) is 0 Å². The molecule has 4 heavy (non-hydrogen) atoms. The molecule has 0 heterocycles. The zero-order valence-electron chi connectivity index (χ0n) is 2.17. The van der Waals surface area contributed by atoms with Crippen molar-refractivity contribution in [1.29, 1.82) is 0 Å². The molecule has 0 aliphatic carbocycles. The fourth-order valence-electron chi connectivity index (χ4n) is 0. The van der Waals surface area contributed by atoms with Gasteiger partial charge in [0.2, 0.25) is 0 Å². The van der Waals surface area contributed by atoms with Crippen molar-refractivity contribution in [2.45, 2.75) is 0 Å². The van der Waals surface area contributed by atoms with Crippen molar-refractivity contribution in [3.63, 3.8) is 0 Å². The van der Waals surface area contributed by atoms with Crippen LogP contribution in [0.1, 0.15) is 0 Å². The van der Waals surface area contributed by atoms with Crippen LogP contribution in [0, 0.1) is 0 Å². The molecule has 0 N–H and O–H groups in total. The number of hydrogen-bond acceptors (Lipinski definition) is 0. The predicted molar refractivity (Wildman–Crippen MR) is 19.3 cm³/mol. The van der Waals surface area contributed by atoms with E-state index in [4.69, 9.17) is 0 Å². The molecular weight excluding hydrogens is 183 g/mol. The fraction of sp³-hybridized carbons (Fsp3) is 0. The molecule has 0 nitrogen and oxygen atoms in total. The van der Waals surface area contributed by atoms with Gasteiger partial charge in [0.25, 0.3) is 0 Å². The van der Waals surface area contributed by atoms with Crippen LogP contribution in [-0.4, -0.2) is 27.9 Å². The quantitative estimate of drug-likeness (QED) is 0.462. The van der Waals surface area contributed by atoms with Gasteiger partial charge in [-0.25, -0.2) is 0 Å². The van der Waals surface area contributed by atoms with Gasteiger partial charge in [0.1, 0.15) is 0 Å². The standard InChI is InChI=1S/F2Ge2H4/c1-3-4-2/h3-4H2. The van der Waals surface area contributed by atoms with Gasteiger partial charge in [-0.1, -0.05) is 0 Å². The second-order valence-electron chi connectivity index (χ2n) is 0.378. The third kappa shape index (κ3) is 2.95. The molecule has 0 atom stereocenters. The van der Waals surface area contributed by atoms with Crippen molar-refractivity contribution in [1.82, 2.24) is 0 Å². The van der Waals surface area contributed by atoms with Crippen LogP contribution >= 0.6 is 0 Å². The molecule has 0 saturated carbocycles. The van der Waals surface area contributed by atoms with E-state index < -0.39 is 27.9 Å². The molecule has 0 aliphatic heterocycles. The molecule has 0 fully saturated rings. The summed E-state index contributed by atoms with van der Waals surface area (Å²) in [5.41, 5.74) is 0. The van der Waals surface area contributed by atoms with Gasteiger partial charge in [0.05, 0.1) is 0 Å². The Bertz CT molecular complexity index is 6.00. The maximum absolute atomic E-state index is 10.6. The van der Waals surface area contributed by atoms with E-state index in [0.29, 0.717) is 0 Å². The van der Waals surface area contributed by atoms with Gasteiger partial charge in [0.15, 0.2) is 0 Å². The van der Waals surface area contributed by atoms with Crippen molar-refractivity contribution >= 4 is 27.9 Å². The predicted octanol–water partition coefficient (Wildman–Crippen LogP) is -0.992. The molecule has 0 bridgehead atoms. The third-order valence-corrected chi connectivity index (χ3v) is 1.93. The van der Waals surface area contributed by atoms with Crippen molar-refractivity contribution < 1.29 is 7.00 Å². The molecule has 0 aromatic heterocycles. The van der Waals surface area contributed by atoms with E-state index in [9.17, 15) is 7.00 Å². The van der Waals surface area contributed by atoms with E-state index in [0.717, 1.165) is 0 Å². The Morgan fingerprint density at radius 2 is 1.25 bits per heavy atom. The van der Waals surface area contributed by atoms with Crippen LogP contribution in [0.4, 0.5) is 7.00 Å². The first kappa shape index (κ1) is 4.95. The molecule has 0 amide bonds. The first-order chi connectivity index (χ1) is 1.91. The van der Waals surface area contributed by atoms with Crippen molar-refractivity contribution in [2.24, 2.45) is 0 Å². The Balaban J connectivity index is 1.97. The van der Waals surface area contributed by atoms with Crippen LogP contribution in [-0.2, 0) is 0 Å². The molecule has 26 valence electrons. The summed E-state index contributed by atoms with van der Waals surface area (Å²) in [6.07, 6.45) is 0. The minimum absolute atomic E-state index is 1.87. The summed E-state index contributed by atoms with van der Waals surface area (Å²) in [5.74, 6) is 0. The zero-order chi connectivity index (χ0) is 3.41. The van der Waals surface area contributed by atoms with Gasteiger partial charge in [-0.05, 0) is 0 Å². The Hall–Kier alpha value is 0.946. The molecule has 0 aliphatic rings. The normalized spacial score (nSPS) is 13.5. The van der Waals surface area contributed by atoms with Crippen molar-refractivity contribution in [3.05, 3.63) is 0 Å². The Morgan fingerprint density at radius 1 is 1.00 bits per heavy atom. The van der Waals surface area contributed by atoms with Gasteiger partial charge in [0, 0.05) is 0 Å².